The van der Waals surface area contributed by atoms with Crippen LogP contribution >= 0.6 is 0 Å². The largest absolute Gasteiger partial charge is 0.465 e. The second kappa shape index (κ2) is 6.39. The molecule has 2 rings (SSSR count). The molecule has 0 aliphatic rings. The summed E-state index contributed by atoms with van der Waals surface area (Å²) in [5, 5.41) is 19.9. The van der Waals surface area contributed by atoms with Crippen molar-refractivity contribution in [1.29, 1.82) is 5.26 Å². The van der Waals surface area contributed by atoms with Gasteiger partial charge in [0.05, 0.1) is 18.5 Å². The highest BCUT2D eigenvalue weighted by Gasteiger charge is 2.13. The topological polar surface area (TPSA) is 73.1 Å². The van der Waals surface area contributed by atoms with E-state index in [2.05, 4.69) is 5.32 Å². The van der Waals surface area contributed by atoms with Gasteiger partial charge in [0, 0.05) is 0 Å². The molecule has 100 valence electrons. The van der Waals surface area contributed by atoms with E-state index >= 15 is 0 Å². The number of hydrogen-bond acceptors (Lipinski definition) is 2. The summed E-state index contributed by atoms with van der Waals surface area (Å²) in [6.45, 7) is 0. The van der Waals surface area contributed by atoms with Crippen molar-refractivity contribution in [3.63, 3.8) is 0 Å². The Balaban J connectivity index is 2.22. The molecule has 0 bridgehead atoms. The van der Waals surface area contributed by atoms with E-state index in [1.807, 2.05) is 60.7 Å². The second-order valence-electron chi connectivity index (χ2n) is 4.35. The van der Waals surface area contributed by atoms with Crippen molar-refractivity contribution < 1.29 is 9.90 Å². The third kappa shape index (κ3) is 3.36. The van der Waals surface area contributed by atoms with Crippen LogP contribution < -0.4 is 5.32 Å². The summed E-state index contributed by atoms with van der Waals surface area (Å²) in [6.07, 6.45) is -1.02. The Morgan fingerprint density at radius 3 is 2.25 bits per heavy atom. The predicted molar refractivity (Wildman–Crippen MR) is 76.0 cm³/mol. The number of nitrogens with zero attached hydrogens (tertiary/aromatic N) is 1. The average molecular weight is 266 g/mol. The van der Waals surface area contributed by atoms with Crippen molar-refractivity contribution in [2.24, 2.45) is 0 Å². The number of carboxylic acid groups (broad SMARTS) is 1. The highest BCUT2D eigenvalue weighted by molar-refractivity contribution is 5.66. The van der Waals surface area contributed by atoms with E-state index < -0.39 is 12.1 Å². The van der Waals surface area contributed by atoms with Crippen molar-refractivity contribution in [3.05, 3.63) is 60.2 Å². The number of rotatable bonds is 4. The van der Waals surface area contributed by atoms with Crippen molar-refractivity contribution in [1.82, 2.24) is 5.32 Å². The Labute approximate surface area is 117 Å². The maximum absolute atomic E-state index is 10.7. The second-order valence-corrected chi connectivity index (χ2v) is 4.35. The molecule has 0 fully saturated rings. The molecule has 1 unspecified atom stereocenters. The first-order valence-corrected chi connectivity index (χ1v) is 6.22. The molecule has 2 aromatic rings. The smallest absolute Gasteiger partial charge is 0.405 e. The molecule has 2 aromatic carbocycles. The number of nitriles is 1. The average Bonchev–Trinajstić information content (AvgIpc) is 2.47. The number of benzene rings is 2. The maximum atomic E-state index is 10.7. The minimum atomic E-state index is -1.13. The lowest BCUT2D eigenvalue weighted by atomic mass is 9.99. The predicted octanol–water partition coefficient (Wildman–Crippen LogP) is 3.58. The van der Waals surface area contributed by atoms with Gasteiger partial charge in [0.1, 0.15) is 0 Å². The summed E-state index contributed by atoms with van der Waals surface area (Å²) in [5.74, 6) is 0. The van der Waals surface area contributed by atoms with Crippen molar-refractivity contribution in [2.75, 3.05) is 0 Å². The molecule has 1 atom stereocenters. The minimum absolute atomic E-state index is 0.108. The van der Waals surface area contributed by atoms with Crippen molar-refractivity contribution in [3.8, 4) is 17.2 Å². The number of hydrogen-bond donors (Lipinski definition) is 2. The number of amides is 1. The van der Waals surface area contributed by atoms with Crippen LogP contribution in [0.1, 0.15) is 18.0 Å². The summed E-state index contributed by atoms with van der Waals surface area (Å²) in [7, 11) is 0. The van der Waals surface area contributed by atoms with E-state index in [4.69, 9.17) is 10.4 Å². The minimum Gasteiger partial charge on any atom is -0.465 e. The third-order valence-corrected chi connectivity index (χ3v) is 3.01. The van der Waals surface area contributed by atoms with Gasteiger partial charge in [-0.3, -0.25) is 0 Å². The summed E-state index contributed by atoms with van der Waals surface area (Å²) < 4.78 is 0. The molecular formula is C16H14N2O2. The van der Waals surface area contributed by atoms with E-state index in [0.29, 0.717) is 0 Å². The molecule has 0 aliphatic heterocycles. The van der Waals surface area contributed by atoms with Gasteiger partial charge in [0.2, 0.25) is 0 Å². The van der Waals surface area contributed by atoms with Crippen LogP contribution in [0, 0.1) is 11.3 Å². The Bertz CT molecular complexity index is 615. The molecule has 4 heteroatoms. The fraction of sp³-hybridized carbons (Fsp3) is 0.125. The van der Waals surface area contributed by atoms with Crippen molar-refractivity contribution in [2.45, 2.75) is 12.5 Å². The molecule has 1 amide bonds. The first kappa shape index (κ1) is 13.6. The van der Waals surface area contributed by atoms with E-state index in [9.17, 15) is 4.79 Å². The summed E-state index contributed by atoms with van der Waals surface area (Å²) >= 11 is 0. The van der Waals surface area contributed by atoms with Crippen LogP contribution in [-0.2, 0) is 0 Å². The lowest BCUT2D eigenvalue weighted by molar-refractivity contribution is 0.190. The van der Waals surface area contributed by atoms with Crippen LogP contribution in [0.4, 0.5) is 4.79 Å². The molecule has 4 nitrogen and oxygen atoms in total. The summed E-state index contributed by atoms with van der Waals surface area (Å²) in [4.78, 5) is 10.7. The van der Waals surface area contributed by atoms with Gasteiger partial charge < -0.3 is 10.4 Å². The molecule has 0 aliphatic carbocycles. The molecular weight excluding hydrogens is 252 g/mol. The molecule has 2 N–H and O–H groups in total. The quantitative estimate of drug-likeness (QED) is 0.888. The normalized spacial score (nSPS) is 11.3. The van der Waals surface area contributed by atoms with Gasteiger partial charge in [-0.05, 0) is 16.7 Å². The monoisotopic (exact) mass is 266 g/mol. The fourth-order valence-electron chi connectivity index (χ4n) is 2.03. The van der Waals surface area contributed by atoms with Gasteiger partial charge in [-0.2, -0.15) is 5.26 Å². The van der Waals surface area contributed by atoms with E-state index in [-0.39, 0.29) is 6.42 Å². The highest BCUT2D eigenvalue weighted by Crippen LogP contribution is 2.23. The molecule has 0 saturated carbocycles. The van der Waals surface area contributed by atoms with Crippen molar-refractivity contribution >= 4 is 6.09 Å². The molecule has 20 heavy (non-hydrogen) atoms. The maximum Gasteiger partial charge on any atom is 0.405 e. The summed E-state index contributed by atoms with van der Waals surface area (Å²) in [6, 6.07) is 19.0. The van der Waals surface area contributed by atoms with Crippen LogP contribution in [0.5, 0.6) is 0 Å². The highest BCUT2D eigenvalue weighted by atomic mass is 16.4. The van der Waals surface area contributed by atoms with Gasteiger partial charge in [0.25, 0.3) is 0 Å². The van der Waals surface area contributed by atoms with Crippen LogP contribution in [0.25, 0.3) is 11.1 Å². The first-order chi connectivity index (χ1) is 9.70. The molecule has 0 aromatic heterocycles. The molecule has 0 saturated heterocycles. The van der Waals surface area contributed by atoms with Crippen LogP contribution in [0.2, 0.25) is 0 Å². The zero-order valence-electron chi connectivity index (χ0n) is 10.8. The van der Waals surface area contributed by atoms with Crippen LogP contribution in [0.15, 0.2) is 54.6 Å². The third-order valence-electron chi connectivity index (χ3n) is 3.01. The summed E-state index contributed by atoms with van der Waals surface area (Å²) in [5.41, 5.74) is 2.94. The molecule has 0 heterocycles. The van der Waals surface area contributed by atoms with Gasteiger partial charge >= 0.3 is 6.09 Å². The Kier molecular flexibility index (Phi) is 4.35. The lowest BCUT2D eigenvalue weighted by Gasteiger charge is -2.14. The zero-order valence-corrected chi connectivity index (χ0v) is 10.8. The van der Waals surface area contributed by atoms with Crippen LogP contribution in [-0.4, -0.2) is 11.2 Å². The van der Waals surface area contributed by atoms with E-state index in [1.54, 1.807) is 0 Å². The first-order valence-electron chi connectivity index (χ1n) is 6.22. The van der Waals surface area contributed by atoms with Gasteiger partial charge in [-0.25, -0.2) is 4.79 Å². The standard InChI is InChI=1S/C16H14N2O2/c17-11-10-15(18-16(19)20)14-8-6-13(7-9-14)12-4-2-1-3-5-12/h1-9,15,18H,10H2,(H,19,20). The zero-order chi connectivity index (χ0) is 14.4. The SMILES string of the molecule is N#CCC(NC(=O)O)c1ccc(-c2ccccc2)cc1. The van der Waals surface area contributed by atoms with E-state index in [0.717, 1.165) is 16.7 Å². The van der Waals surface area contributed by atoms with E-state index in [1.165, 1.54) is 0 Å². The van der Waals surface area contributed by atoms with Gasteiger partial charge in [0.15, 0.2) is 0 Å². The Hall–Kier alpha value is -2.80. The number of nitrogens with one attached hydrogen (secondary N) is 1. The fourth-order valence-corrected chi connectivity index (χ4v) is 2.03. The van der Waals surface area contributed by atoms with Crippen LogP contribution in [0.3, 0.4) is 0 Å². The number of carbonyl (C=O) groups is 1. The lowest BCUT2D eigenvalue weighted by Crippen LogP contribution is -2.26. The molecule has 0 radical (unpaired) electrons. The Morgan fingerprint density at radius 2 is 1.70 bits per heavy atom. The van der Waals surface area contributed by atoms with Gasteiger partial charge in [-0.1, -0.05) is 54.6 Å². The molecule has 0 spiro atoms. The van der Waals surface area contributed by atoms with Gasteiger partial charge in [-0.15, -0.1) is 0 Å². The Morgan fingerprint density at radius 1 is 1.10 bits per heavy atom.